The lowest BCUT2D eigenvalue weighted by molar-refractivity contribution is -0.140. The van der Waals surface area contributed by atoms with E-state index in [1.54, 1.807) is 0 Å². The summed E-state index contributed by atoms with van der Waals surface area (Å²) in [4.78, 5) is 20.5. The predicted molar refractivity (Wildman–Crippen MR) is 34.8 cm³/mol. The van der Waals surface area contributed by atoms with Crippen molar-refractivity contribution in [3.8, 4) is 0 Å². The number of aliphatic carboxylic acids is 2. The fraction of sp³-hybridized carbons (Fsp3) is 0.667. The summed E-state index contributed by atoms with van der Waals surface area (Å²) in [5.41, 5.74) is 5.19. The molecule has 0 heterocycles. The molecular weight excluding hydrogens is 150 g/mol. The molecule has 1 fully saturated rings. The van der Waals surface area contributed by atoms with Gasteiger partial charge in [-0.2, -0.15) is 0 Å². The van der Waals surface area contributed by atoms with E-state index < -0.39 is 23.9 Å². The van der Waals surface area contributed by atoms with Gasteiger partial charge in [0.05, 0.1) is 5.92 Å². The van der Waals surface area contributed by atoms with Crippen molar-refractivity contribution in [2.75, 3.05) is 0 Å². The highest BCUT2D eigenvalue weighted by Crippen LogP contribution is 2.40. The van der Waals surface area contributed by atoms with Crippen molar-refractivity contribution in [1.82, 2.24) is 0 Å². The highest BCUT2D eigenvalue weighted by Gasteiger charge is 2.49. The van der Waals surface area contributed by atoms with Crippen molar-refractivity contribution >= 4 is 11.9 Å². The smallest absolute Gasteiger partial charge is 0.320 e. The van der Waals surface area contributed by atoms with Gasteiger partial charge in [0.1, 0.15) is 6.04 Å². The van der Waals surface area contributed by atoms with E-state index in [0.29, 0.717) is 6.42 Å². The van der Waals surface area contributed by atoms with E-state index in [9.17, 15) is 9.59 Å². The van der Waals surface area contributed by atoms with Gasteiger partial charge in [-0.05, 0) is 12.3 Å². The van der Waals surface area contributed by atoms with Gasteiger partial charge in [0.25, 0.3) is 0 Å². The van der Waals surface area contributed by atoms with Crippen molar-refractivity contribution in [1.29, 1.82) is 0 Å². The third-order valence-corrected chi connectivity index (χ3v) is 1.90. The van der Waals surface area contributed by atoms with Crippen molar-refractivity contribution in [3.05, 3.63) is 0 Å². The monoisotopic (exact) mass is 159 g/mol. The molecule has 3 atom stereocenters. The molecule has 0 bridgehead atoms. The number of rotatable bonds is 3. The summed E-state index contributed by atoms with van der Waals surface area (Å²) in [6.07, 6.45) is 0.392. The van der Waals surface area contributed by atoms with Gasteiger partial charge in [-0.25, -0.2) is 0 Å². The Kier molecular flexibility index (Phi) is 1.82. The molecule has 1 unspecified atom stereocenters. The third-order valence-electron chi connectivity index (χ3n) is 1.90. The molecule has 0 aromatic rings. The van der Waals surface area contributed by atoms with Crippen LogP contribution in [0, 0.1) is 11.8 Å². The average molecular weight is 159 g/mol. The van der Waals surface area contributed by atoms with Crippen LogP contribution in [0.3, 0.4) is 0 Å². The lowest BCUT2D eigenvalue weighted by Crippen LogP contribution is -2.33. The number of carboxylic acids is 2. The topological polar surface area (TPSA) is 101 Å². The van der Waals surface area contributed by atoms with Crippen LogP contribution in [0.1, 0.15) is 6.42 Å². The first-order valence-corrected chi connectivity index (χ1v) is 3.25. The Morgan fingerprint density at radius 2 is 2.00 bits per heavy atom. The third kappa shape index (κ3) is 1.48. The number of hydrogen-bond acceptors (Lipinski definition) is 3. The minimum absolute atomic E-state index is 0.370. The standard InChI is InChI=1S/C6H9NO4/c7-4(6(10)11)2-1-3(2)5(8)9/h2-4H,1,7H2,(H,8,9)(H,10,11)/t2-,3+,4?/m1/s1. The highest BCUT2D eigenvalue weighted by molar-refractivity contribution is 5.79. The molecule has 5 heteroatoms. The fourth-order valence-corrected chi connectivity index (χ4v) is 1.08. The van der Waals surface area contributed by atoms with Gasteiger partial charge in [-0.15, -0.1) is 0 Å². The van der Waals surface area contributed by atoms with Crippen molar-refractivity contribution in [2.24, 2.45) is 17.6 Å². The van der Waals surface area contributed by atoms with Crippen LogP contribution in [-0.4, -0.2) is 28.2 Å². The summed E-state index contributed by atoms with van der Waals surface area (Å²) in [5.74, 6) is -2.99. The number of hydrogen-bond donors (Lipinski definition) is 3. The summed E-state index contributed by atoms with van der Waals surface area (Å²) in [7, 11) is 0. The molecule has 0 saturated heterocycles. The normalized spacial score (nSPS) is 31.0. The largest absolute Gasteiger partial charge is 0.481 e. The van der Waals surface area contributed by atoms with Gasteiger partial charge in [-0.3, -0.25) is 9.59 Å². The van der Waals surface area contributed by atoms with E-state index in [-0.39, 0.29) is 5.92 Å². The molecule has 0 radical (unpaired) electrons. The summed E-state index contributed by atoms with van der Waals surface area (Å²) in [6, 6.07) is -1.02. The van der Waals surface area contributed by atoms with E-state index in [2.05, 4.69) is 0 Å². The number of nitrogens with two attached hydrogens (primary N) is 1. The van der Waals surface area contributed by atoms with E-state index in [1.807, 2.05) is 0 Å². The summed E-state index contributed by atoms with van der Waals surface area (Å²) in [6.45, 7) is 0. The minimum atomic E-state index is -1.13. The van der Waals surface area contributed by atoms with Crippen LogP contribution in [0.5, 0.6) is 0 Å². The fourth-order valence-electron chi connectivity index (χ4n) is 1.08. The molecule has 5 nitrogen and oxygen atoms in total. The summed E-state index contributed by atoms with van der Waals surface area (Å²) in [5, 5.41) is 16.8. The zero-order valence-corrected chi connectivity index (χ0v) is 5.73. The van der Waals surface area contributed by atoms with Crippen LogP contribution in [0.25, 0.3) is 0 Å². The molecule has 0 aromatic heterocycles. The van der Waals surface area contributed by atoms with Crippen molar-refractivity contribution < 1.29 is 19.8 Å². The second kappa shape index (κ2) is 2.50. The Labute approximate surface area is 62.8 Å². The predicted octanol–water partition coefficient (Wildman–Crippen LogP) is -0.881. The van der Waals surface area contributed by atoms with E-state index in [4.69, 9.17) is 15.9 Å². The van der Waals surface area contributed by atoms with Crippen LogP contribution in [0.2, 0.25) is 0 Å². The maximum absolute atomic E-state index is 10.3. The molecule has 62 valence electrons. The second-order valence-corrected chi connectivity index (χ2v) is 2.71. The maximum atomic E-state index is 10.3. The van der Waals surface area contributed by atoms with E-state index in [1.165, 1.54) is 0 Å². The number of carbonyl (C=O) groups is 2. The Morgan fingerprint density at radius 3 is 2.27 bits per heavy atom. The van der Waals surface area contributed by atoms with Gasteiger partial charge in [0.15, 0.2) is 0 Å². The Morgan fingerprint density at radius 1 is 1.45 bits per heavy atom. The SMILES string of the molecule is NC(C(=O)O)[C@@H]1C[C@@H]1C(=O)O. The van der Waals surface area contributed by atoms with Crippen molar-refractivity contribution in [3.63, 3.8) is 0 Å². The first-order chi connectivity index (χ1) is 5.04. The average Bonchev–Trinajstić information content (AvgIpc) is 2.63. The molecule has 0 amide bonds. The zero-order chi connectivity index (χ0) is 8.59. The molecule has 0 aromatic carbocycles. The molecule has 1 rings (SSSR count). The van der Waals surface area contributed by atoms with Crippen molar-refractivity contribution in [2.45, 2.75) is 12.5 Å². The zero-order valence-electron chi connectivity index (χ0n) is 5.73. The molecular formula is C6H9NO4. The van der Waals surface area contributed by atoms with Crippen LogP contribution >= 0.6 is 0 Å². The molecule has 0 spiro atoms. The molecule has 1 aliphatic carbocycles. The first kappa shape index (κ1) is 8.00. The second-order valence-electron chi connectivity index (χ2n) is 2.71. The van der Waals surface area contributed by atoms with E-state index in [0.717, 1.165) is 0 Å². The van der Waals surface area contributed by atoms with Gasteiger partial charge < -0.3 is 15.9 Å². The van der Waals surface area contributed by atoms with Crippen LogP contribution < -0.4 is 5.73 Å². The summed E-state index contributed by atoms with van der Waals surface area (Å²) >= 11 is 0. The van der Waals surface area contributed by atoms with Gasteiger partial charge in [-0.1, -0.05) is 0 Å². The molecule has 11 heavy (non-hydrogen) atoms. The lowest BCUT2D eigenvalue weighted by atomic mass is 10.1. The Balaban J connectivity index is 2.43. The molecule has 0 aliphatic heterocycles. The Hall–Kier alpha value is -1.10. The van der Waals surface area contributed by atoms with Crippen LogP contribution in [0.15, 0.2) is 0 Å². The van der Waals surface area contributed by atoms with E-state index >= 15 is 0 Å². The summed E-state index contributed by atoms with van der Waals surface area (Å²) < 4.78 is 0. The van der Waals surface area contributed by atoms with Crippen LogP contribution in [-0.2, 0) is 9.59 Å². The van der Waals surface area contributed by atoms with Gasteiger partial charge in [0, 0.05) is 0 Å². The van der Waals surface area contributed by atoms with Gasteiger partial charge >= 0.3 is 11.9 Å². The quantitative estimate of drug-likeness (QED) is 0.496. The molecule has 4 N–H and O–H groups in total. The van der Waals surface area contributed by atoms with Gasteiger partial charge in [0.2, 0.25) is 0 Å². The molecule has 1 saturated carbocycles. The first-order valence-electron chi connectivity index (χ1n) is 3.25. The van der Waals surface area contributed by atoms with Crippen LogP contribution in [0.4, 0.5) is 0 Å². The lowest BCUT2D eigenvalue weighted by Gasteiger charge is -2.01. The highest BCUT2D eigenvalue weighted by atomic mass is 16.4. The molecule has 1 aliphatic rings. The number of carboxylic acid groups (broad SMARTS) is 2. The minimum Gasteiger partial charge on any atom is -0.481 e. The maximum Gasteiger partial charge on any atom is 0.320 e. The Bertz CT molecular complexity index is 203.